The van der Waals surface area contributed by atoms with Crippen molar-refractivity contribution in [2.75, 3.05) is 0 Å². The summed E-state index contributed by atoms with van der Waals surface area (Å²) in [6, 6.07) is 47.8. The number of aryl methyl sites for hydroxylation is 8. The first-order valence-corrected chi connectivity index (χ1v) is 23.2. The zero-order valence-electron chi connectivity index (χ0n) is 34.9. The van der Waals surface area contributed by atoms with E-state index >= 15 is 0 Å². The zero-order chi connectivity index (χ0) is 39.5. The number of hydrogen-bond donors (Lipinski definition) is 1. The summed E-state index contributed by atoms with van der Waals surface area (Å²) in [5, 5.41) is 8.60. The molecule has 288 valence electrons. The summed E-state index contributed by atoms with van der Waals surface area (Å²) in [6.07, 6.45) is 4.67. The van der Waals surface area contributed by atoms with Crippen molar-refractivity contribution in [1.82, 2.24) is 4.90 Å². The lowest BCUT2D eigenvalue weighted by molar-refractivity contribution is 0.122. The van der Waals surface area contributed by atoms with Gasteiger partial charge < -0.3 is 5.73 Å². The van der Waals surface area contributed by atoms with Gasteiger partial charge in [0.25, 0.3) is 0 Å². The van der Waals surface area contributed by atoms with Gasteiger partial charge in [-0.05, 0) is 127 Å². The van der Waals surface area contributed by atoms with Crippen LogP contribution >= 0.6 is 15.8 Å². The molecule has 2 atom stereocenters. The minimum Gasteiger partial charge on any atom is -0.326 e. The molecule has 0 unspecified atom stereocenters. The monoisotopic (exact) mass is 774 g/mol. The number of nitrogens with zero attached hydrogens (tertiary/aromatic N) is 1. The summed E-state index contributed by atoms with van der Waals surface area (Å²) < 4.78 is 0. The van der Waals surface area contributed by atoms with Crippen molar-refractivity contribution < 1.29 is 0 Å². The molecule has 6 aromatic carbocycles. The van der Waals surface area contributed by atoms with Crippen molar-refractivity contribution in [3.8, 4) is 0 Å². The predicted octanol–water partition coefficient (Wildman–Crippen LogP) is 9.94. The second kappa shape index (κ2) is 17.7. The first kappa shape index (κ1) is 40.3. The highest BCUT2D eigenvalue weighted by Crippen LogP contribution is 2.39. The Morgan fingerprint density at radius 3 is 1.07 bits per heavy atom. The Labute approximate surface area is 340 Å². The lowest BCUT2D eigenvalue weighted by Gasteiger charge is -2.40. The molecule has 0 bridgehead atoms. The van der Waals surface area contributed by atoms with Gasteiger partial charge in [0.1, 0.15) is 0 Å². The van der Waals surface area contributed by atoms with Gasteiger partial charge in [-0.3, -0.25) is 4.90 Å². The quantitative estimate of drug-likeness (QED) is 0.133. The Bertz CT molecular complexity index is 1990. The number of hydrogen-bond acceptors (Lipinski definition) is 2. The summed E-state index contributed by atoms with van der Waals surface area (Å²) in [6.45, 7) is 19.7. The molecule has 6 aromatic rings. The molecule has 1 saturated carbocycles. The maximum atomic E-state index is 7.15. The molecule has 56 heavy (non-hydrogen) atoms. The van der Waals surface area contributed by atoms with Crippen LogP contribution in [0.2, 0.25) is 0 Å². The van der Waals surface area contributed by atoms with E-state index in [1.165, 1.54) is 100 Å². The van der Waals surface area contributed by atoms with E-state index in [2.05, 4.69) is 182 Å². The van der Waals surface area contributed by atoms with Gasteiger partial charge in [0.2, 0.25) is 0 Å². The molecule has 1 aliphatic rings. The molecule has 0 spiro atoms. The average Bonchev–Trinajstić information content (AvgIpc) is 3.12. The van der Waals surface area contributed by atoms with Gasteiger partial charge in [0.05, 0.1) is 0 Å². The average molecular weight is 775 g/mol. The molecule has 0 radical (unpaired) electrons. The Morgan fingerprint density at radius 2 is 0.750 bits per heavy atom. The Hall–Kier alpha value is -3.90. The summed E-state index contributed by atoms with van der Waals surface area (Å²) in [5.41, 5.74) is 20.6. The van der Waals surface area contributed by atoms with E-state index in [-0.39, 0.29) is 6.04 Å². The summed E-state index contributed by atoms with van der Waals surface area (Å²) in [4.78, 5) is 2.77. The molecular formula is C52H60N2P2. The van der Waals surface area contributed by atoms with Crippen molar-refractivity contribution >= 4 is 47.7 Å². The van der Waals surface area contributed by atoms with E-state index in [1.807, 2.05) is 0 Å². The fourth-order valence-corrected chi connectivity index (χ4v) is 14.9. The molecule has 1 fully saturated rings. The van der Waals surface area contributed by atoms with Crippen LogP contribution in [0.4, 0.5) is 0 Å². The molecule has 7 rings (SSSR count). The second-order valence-electron chi connectivity index (χ2n) is 16.7. The van der Waals surface area contributed by atoms with Crippen LogP contribution in [-0.2, 0) is 13.1 Å². The van der Waals surface area contributed by atoms with Crippen LogP contribution in [0.25, 0.3) is 0 Å². The van der Waals surface area contributed by atoms with Crippen molar-refractivity contribution in [3.63, 3.8) is 0 Å². The summed E-state index contributed by atoms with van der Waals surface area (Å²) in [5.74, 6) is 0. The standard InChI is InChI=1S/C52H60N2P2/c1-35-21-36(2)26-45(25-35)55(46-27-37(3)22-38(4)28-46)51-19-13-9-15-43(51)33-54(50-18-12-11-17-49(50)53)34-44-16-10-14-20-52(44)56(47-29-39(5)23-40(6)30-47)48-31-41(7)24-42(8)32-48/h9-10,13-16,19-32,49-50H,11-12,17-18,33-34,53H2,1-8H3/t49-,50+/m1/s1. The molecule has 0 aliphatic heterocycles. The molecule has 0 aromatic heterocycles. The molecular weight excluding hydrogens is 715 g/mol. The highest BCUT2D eigenvalue weighted by atomic mass is 31.1. The van der Waals surface area contributed by atoms with Crippen molar-refractivity contribution in [1.29, 1.82) is 0 Å². The third kappa shape index (κ3) is 9.44. The van der Waals surface area contributed by atoms with Gasteiger partial charge in [0.15, 0.2) is 0 Å². The summed E-state index contributed by atoms with van der Waals surface area (Å²) >= 11 is 0. The maximum Gasteiger partial charge on any atom is 0.0254 e. The Balaban J connectivity index is 1.36. The van der Waals surface area contributed by atoms with Crippen LogP contribution < -0.4 is 37.6 Å². The van der Waals surface area contributed by atoms with Gasteiger partial charge in [-0.2, -0.15) is 0 Å². The third-order valence-corrected chi connectivity index (χ3v) is 16.3. The SMILES string of the molecule is Cc1cc(C)cc(P(c2cc(C)cc(C)c2)c2ccccc2CN(Cc2ccccc2P(c2cc(C)cc(C)c2)c2cc(C)cc(C)c2)[C@H]2CCCC[C@H]2N)c1. The fraction of sp³-hybridized carbons (Fsp3) is 0.308. The van der Waals surface area contributed by atoms with Crippen LogP contribution in [-0.4, -0.2) is 17.0 Å². The van der Waals surface area contributed by atoms with Gasteiger partial charge in [0, 0.05) is 25.2 Å². The second-order valence-corrected chi connectivity index (χ2v) is 21.1. The first-order valence-electron chi connectivity index (χ1n) is 20.5. The van der Waals surface area contributed by atoms with Crippen molar-refractivity contribution in [2.24, 2.45) is 5.73 Å². The van der Waals surface area contributed by atoms with Crippen LogP contribution in [0.15, 0.2) is 121 Å². The molecule has 1 aliphatic carbocycles. The Kier molecular flexibility index (Phi) is 12.7. The van der Waals surface area contributed by atoms with Crippen molar-refractivity contribution in [3.05, 3.63) is 177 Å². The lowest BCUT2D eigenvalue weighted by Crippen LogP contribution is -2.49. The van der Waals surface area contributed by atoms with Gasteiger partial charge in [-0.15, -0.1) is 0 Å². The summed E-state index contributed by atoms with van der Waals surface area (Å²) in [7, 11) is -1.59. The molecule has 0 heterocycles. The van der Waals surface area contributed by atoms with Crippen LogP contribution in [0.3, 0.4) is 0 Å². The number of benzene rings is 6. The van der Waals surface area contributed by atoms with E-state index in [0.29, 0.717) is 6.04 Å². The normalized spacial score (nSPS) is 15.9. The third-order valence-electron chi connectivity index (χ3n) is 11.3. The predicted molar refractivity (Wildman–Crippen MR) is 248 cm³/mol. The van der Waals surface area contributed by atoms with Crippen LogP contribution in [0, 0.1) is 55.4 Å². The lowest BCUT2D eigenvalue weighted by atomic mass is 9.89. The van der Waals surface area contributed by atoms with Gasteiger partial charge >= 0.3 is 0 Å². The minimum atomic E-state index is -0.794. The fourth-order valence-electron chi connectivity index (χ4n) is 9.22. The first-order chi connectivity index (χ1) is 26.9. The van der Waals surface area contributed by atoms with E-state index in [0.717, 1.165) is 25.9 Å². The van der Waals surface area contributed by atoms with Gasteiger partial charge in [-0.1, -0.05) is 179 Å². The smallest absolute Gasteiger partial charge is 0.0254 e. The molecule has 2 nitrogen and oxygen atoms in total. The molecule has 0 saturated heterocycles. The van der Waals surface area contributed by atoms with E-state index in [4.69, 9.17) is 5.73 Å². The largest absolute Gasteiger partial charge is 0.326 e. The van der Waals surface area contributed by atoms with E-state index in [1.54, 1.807) is 0 Å². The zero-order valence-corrected chi connectivity index (χ0v) is 36.7. The highest BCUT2D eigenvalue weighted by molar-refractivity contribution is 7.80. The highest BCUT2D eigenvalue weighted by Gasteiger charge is 2.31. The minimum absolute atomic E-state index is 0.156. The van der Waals surface area contributed by atoms with E-state index in [9.17, 15) is 0 Å². The maximum absolute atomic E-state index is 7.15. The molecule has 0 amide bonds. The van der Waals surface area contributed by atoms with Crippen LogP contribution in [0.1, 0.15) is 81.3 Å². The van der Waals surface area contributed by atoms with Crippen molar-refractivity contribution in [2.45, 2.75) is 106 Å². The van der Waals surface area contributed by atoms with Gasteiger partial charge in [-0.25, -0.2) is 0 Å². The van der Waals surface area contributed by atoms with E-state index < -0.39 is 15.8 Å². The Morgan fingerprint density at radius 1 is 0.446 bits per heavy atom. The number of nitrogens with two attached hydrogens (primary N) is 1. The topological polar surface area (TPSA) is 29.3 Å². The molecule has 4 heteroatoms. The number of rotatable bonds is 11. The molecule has 2 N–H and O–H groups in total. The van der Waals surface area contributed by atoms with Crippen LogP contribution in [0.5, 0.6) is 0 Å².